The first-order valence-electron chi connectivity index (χ1n) is 8.77. The minimum atomic E-state index is -0.319. The molecule has 0 spiro atoms. The molecule has 2 heterocycles. The highest BCUT2D eigenvalue weighted by atomic mass is 19.1. The van der Waals surface area contributed by atoms with E-state index in [1.807, 2.05) is 36.4 Å². The van der Waals surface area contributed by atoms with Gasteiger partial charge in [-0.25, -0.2) is 9.37 Å². The summed E-state index contributed by atoms with van der Waals surface area (Å²) in [6.07, 6.45) is 0. The van der Waals surface area contributed by atoms with Gasteiger partial charge in [-0.05, 0) is 41.5 Å². The van der Waals surface area contributed by atoms with Crippen LogP contribution >= 0.6 is 0 Å². The zero-order chi connectivity index (χ0) is 19.3. The Bertz CT molecular complexity index is 1400. The van der Waals surface area contributed by atoms with Gasteiger partial charge in [-0.15, -0.1) is 0 Å². The molecule has 0 saturated carbocycles. The van der Waals surface area contributed by atoms with Crippen LogP contribution in [0.4, 0.5) is 10.1 Å². The first-order valence-corrected chi connectivity index (χ1v) is 8.77. The summed E-state index contributed by atoms with van der Waals surface area (Å²) >= 11 is 0. The quantitative estimate of drug-likeness (QED) is 0.429. The third-order valence-corrected chi connectivity index (χ3v) is 4.85. The number of nitrogens with one attached hydrogen (secondary N) is 2. The van der Waals surface area contributed by atoms with E-state index in [-0.39, 0.29) is 17.1 Å². The number of hydrogen-bond acceptors (Lipinski definition) is 3. The van der Waals surface area contributed by atoms with E-state index in [0.29, 0.717) is 22.4 Å². The van der Waals surface area contributed by atoms with Gasteiger partial charge in [0.05, 0.1) is 22.4 Å². The van der Waals surface area contributed by atoms with Crippen LogP contribution in [0.25, 0.3) is 44.5 Å². The molecule has 0 saturated heterocycles. The number of halogens is 1. The molecule has 5 rings (SSSR count). The summed E-state index contributed by atoms with van der Waals surface area (Å²) in [7, 11) is 0. The lowest BCUT2D eigenvalue weighted by molar-refractivity contribution is 0.628. The van der Waals surface area contributed by atoms with Gasteiger partial charge in [-0.3, -0.25) is 4.79 Å². The third kappa shape index (κ3) is 2.54. The van der Waals surface area contributed by atoms with Crippen molar-refractivity contribution >= 4 is 27.6 Å². The van der Waals surface area contributed by atoms with Crippen LogP contribution in [0.3, 0.4) is 0 Å². The highest BCUT2D eigenvalue weighted by Crippen LogP contribution is 2.31. The van der Waals surface area contributed by atoms with Crippen LogP contribution in [0.1, 0.15) is 0 Å². The molecule has 6 heteroatoms. The van der Waals surface area contributed by atoms with Crippen molar-refractivity contribution in [3.8, 4) is 22.5 Å². The molecule has 4 N–H and O–H groups in total. The second-order valence-electron chi connectivity index (χ2n) is 6.61. The average molecular weight is 370 g/mol. The molecular weight excluding hydrogens is 355 g/mol. The summed E-state index contributed by atoms with van der Waals surface area (Å²) in [5.41, 5.74) is 11.0. The lowest BCUT2D eigenvalue weighted by Crippen LogP contribution is -2.12. The number of hydrogen-bond donors (Lipinski definition) is 3. The van der Waals surface area contributed by atoms with E-state index in [1.54, 1.807) is 18.2 Å². The Balaban J connectivity index is 1.71. The maximum Gasteiger partial charge on any atom is 0.276 e. The highest BCUT2D eigenvalue weighted by Gasteiger charge is 2.15. The third-order valence-electron chi connectivity index (χ3n) is 4.85. The Morgan fingerprint density at radius 2 is 1.61 bits per heavy atom. The molecule has 0 aliphatic rings. The Morgan fingerprint density at radius 3 is 2.39 bits per heavy atom. The lowest BCUT2D eigenvalue weighted by Gasteiger charge is -2.06. The first kappa shape index (κ1) is 16.3. The van der Waals surface area contributed by atoms with E-state index >= 15 is 0 Å². The van der Waals surface area contributed by atoms with E-state index in [1.165, 1.54) is 12.1 Å². The van der Waals surface area contributed by atoms with Gasteiger partial charge >= 0.3 is 0 Å². The van der Waals surface area contributed by atoms with Crippen molar-refractivity contribution in [2.24, 2.45) is 0 Å². The summed E-state index contributed by atoms with van der Waals surface area (Å²) in [5.74, 6) is -0.288. The number of aromatic amines is 2. The molecule has 0 amide bonds. The summed E-state index contributed by atoms with van der Waals surface area (Å²) in [6.45, 7) is 0. The lowest BCUT2D eigenvalue weighted by atomic mass is 10.0. The summed E-state index contributed by atoms with van der Waals surface area (Å²) in [5, 5.41) is 0.846. The van der Waals surface area contributed by atoms with Crippen molar-refractivity contribution in [3.63, 3.8) is 0 Å². The molecule has 5 aromatic rings. The predicted octanol–water partition coefficient (Wildman–Crippen LogP) is 4.46. The minimum absolute atomic E-state index is 0.234. The fourth-order valence-corrected chi connectivity index (χ4v) is 3.42. The number of anilines is 1. The van der Waals surface area contributed by atoms with Crippen LogP contribution in [0.15, 0.2) is 71.5 Å². The van der Waals surface area contributed by atoms with Crippen molar-refractivity contribution < 1.29 is 4.39 Å². The van der Waals surface area contributed by atoms with Crippen molar-refractivity contribution in [2.45, 2.75) is 0 Å². The van der Waals surface area contributed by atoms with Crippen LogP contribution < -0.4 is 11.3 Å². The number of aromatic nitrogens is 3. The molecule has 136 valence electrons. The molecular formula is C22H15FN4O. The SMILES string of the molecule is Nc1c(-c2nc3cc(-c4ccc(F)cc4)ccc3[nH]c2=O)[nH]c2ccccc12. The number of benzene rings is 3. The zero-order valence-corrected chi connectivity index (χ0v) is 14.7. The maximum absolute atomic E-state index is 13.2. The normalized spacial score (nSPS) is 11.3. The summed E-state index contributed by atoms with van der Waals surface area (Å²) < 4.78 is 13.2. The van der Waals surface area contributed by atoms with Gasteiger partial charge in [-0.2, -0.15) is 0 Å². The average Bonchev–Trinajstić information content (AvgIpc) is 3.04. The molecule has 0 radical (unpaired) electrons. The minimum Gasteiger partial charge on any atom is -0.396 e. The zero-order valence-electron chi connectivity index (χ0n) is 14.7. The summed E-state index contributed by atoms with van der Waals surface area (Å²) in [6, 6.07) is 19.3. The monoisotopic (exact) mass is 370 g/mol. The van der Waals surface area contributed by atoms with Gasteiger partial charge < -0.3 is 15.7 Å². The molecule has 0 unspecified atom stereocenters. The fraction of sp³-hybridized carbons (Fsp3) is 0. The Morgan fingerprint density at radius 1 is 0.857 bits per heavy atom. The van der Waals surface area contributed by atoms with Gasteiger partial charge in [0.1, 0.15) is 5.82 Å². The standard InChI is InChI=1S/C22H15FN4O/c23-14-8-5-12(6-9-14)13-7-10-17-18(11-13)26-21(22(28)27-17)20-19(24)15-3-1-2-4-16(15)25-20/h1-11,25H,24H2,(H,27,28). The van der Waals surface area contributed by atoms with Gasteiger partial charge in [0.25, 0.3) is 5.56 Å². The van der Waals surface area contributed by atoms with Crippen molar-refractivity contribution in [2.75, 3.05) is 5.73 Å². The van der Waals surface area contributed by atoms with Gasteiger partial charge in [-0.1, -0.05) is 36.4 Å². The number of nitrogens with zero attached hydrogens (tertiary/aromatic N) is 1. The van der Waals surface area contributed by atoms with Gasteiger partial charge in [0, 0.05) is 10.9 Å². The van der Waals surface area contributed by atoms with E-state index in [0.717, 1.165) is 22.0 Å². The van der Waals surface area contributed by atoms with E-state index in [2.05, 4.69) is 15.0 Å². The summed E-state index contributed by atoms with van der Waals surface area (Å²) in [4.78, 5) is 23.2. The maximum atomic E-state index is 13.2. The molecule has 0 fully saturated rings. The predicted molar refractivity (Wildman–Crippen MR) is 109 cm³/mol. The second kappa shape index (κ2) is 6.06. The number of nitrogens with two attached hydrogens (primary N) is 1. The van der Waals surface area contributed by atoms with Gasteiger partial charge in [0.15, 0.2) is 5.69 Å². The molecule has 3 aromatic carbocycles. The molecule has 0 aliphatic heterocycles. The topological polar surface area (TPSA) is 87.6 Å². The molecule has 0 bridgehead atoms. The van der Waals surface area contributed by atoms with E-state index in [4.69, 9.17) is 5.73 Å². The number of para-hydroxylation sites is 1. The second-order valence-corrected chi connectivity index (χ2v) is 6.61. The molecule has 2 aromatic heterocycles. The van der Waals surface area contributed by atoms with Crippen molar-refractivity contribution in [1.29, 1.82) is 0 Å². The molecule has 0 atom stereocenters. The number of fused-ring (bicyclic) bond motifs is 2. The van der Waals surface area contributed by atoms with Crippen molar-refractivity contribution in [1.82, 2.24) is 15.0 Å². The molecule has 28 heavy (non-hydrogen) atoms. The molecule has 5 nitrogen and oxygen atoms in total. The largest absolute Gasteiger partial charge is 0.396 e. The van der Waals surface area contributed by atoms with Crippen LogP contribution in [0, 0.1) is 5.82 Å². The number of nitrogen functional groups attached to an aromatic ring is 1. The number of H-pyrrole nitrogens is 2. The Kier molecular flexibility index (Phi) is 3.52. The number of rotatable bonds is 2. The van der Waals surface area contributed by atoms with Gasteiger partial charge in [0.2, 0.25) is 0 Å². The fourth-order valence-electron chi connectivity index (χ4n) is 3.42. The van der Waals surface area contributed by atoms with Crippen molar-refractivity contribution in [3.05, 3.63) is 82.9 Å². The smallest absolute Gasteiger partial charge is 0.276 e. The highest BCUT2D eigenvalue weighted by molar-refractivity contribution is 5.99. The van der Waals surface area contributed by atoms with E-state index in [9.17, 15) is 9.18 Å². The van der Waals surface area contributed by atoms with Crippen LogP contribution in [0.5, 0.6) is 0 Å². The first-order chi connectivity index (χ1) is 13.6. The Labute approximate surface area is 158 Å². The van der Waals surface area contributed by atoms with E-state index < -0.39 is 0 Å². The van der Waals surface area contributed by atoms with Crippen LogP contribution in [0.2, 0.25) is 0 Å². The van der Waals surface area contributed by atoms with Crippen LogP contribution in [-0.4, -0.2) is 15.0 Å². The Hall–Kier alpha value is -3.93. The van der Waals surface area contributed by atoms with Crippen LogP contribution in [-0.2, 0) is 0 Å². The molecule has 0 aliphatic carbocycles.